The summed E-state index contributed by atoms with van der Waals surface area (Å²) in [4.78, 5) is 31.7. The minimum atomic E-state index is -0.551. The van der Waals surface area contributed by atoms with E-state index in [1.54, 1.807) is 32.8 Å². The highest BCUT2D eigenvalue weighted by molar-refractivity contribution is 8.15. The molecule has 2 heterocycles. The lowest BCUT2D eigenvalue weighted by atomic mass is 9.94. The number of amides is 1. The molecule has 2 aliphatic rings. The average molecular weight is 374 g/mol. The van der Waals surface area contributed by atoms with Crippen LogP contribution in [0.25, 0.3) is 0 Å². The van der Waals surface area contributed by atoms with Crippen molar-refractivity contribution in [2.45, 2.75) is 45.1 Å². The van der Waals surface area contributed by atoms with E-state index in [1.807, 2.05) is 31.2 Å². The Hall–Kier alpha value is -2.28. The highest BCUT2D eigenvalue weighted by Gasteiger charge is 2.46. The van der Waals surface area contributed by atoms with Gasteiger partial charge in [-0.3, -0.25) is 9.69 Å². The molecular formula is C19H22N2O4S. The Morgan fingerprint density at radius 2 is 1.92 bits per heavy atom. The van der Waals surface area contributed by atoms with Crippen LogP contribution in [0.15, 0.2) is 40.5 Å². The van der Waals surface area contributed by atoms with Gasteiger partial charge in [-0.15, -0.1) is 0 Å². The number of ether oxygens (including phenoxy) is 2. The minimum Gasteiger partial charge on any atom is -0.497 e. The van der Waals surface area contributed by atoms with Crippen molar-refractivity contribution in [3.8, 4) is 5.75 Å². The summed E-state index contributed by atoms with van der Waals surface area (Å²) in [6, 6.07) is 6.81. The lowest BCUT2D eigenvalue weighted by Gasteiger charge is -2.33. The molecule has 2 aliphatic heterocycles. The van der Waals surface area contributed by atoms with Gasteiger partial charge in [-0.05, 0) is 45.4 Å². The largest absolute Gasteiger partial charge is 0.497 e. The Kier molecular flexibility index (Phi) is 5.09. The predicted molar refractivity (Wildman–Crippen MR) is 101 cm³/mol. The summed E-state index contributed by atoms with van der Waals surface area (Å²) >= 11 is 1.41. The standard InChI is InChI=1S/C19H22N2O4S/c1-10(2)25-18(23)15-11(3)20-19-21(17(22)12(4)26-19)16(15)13-6-8-14(24-5)9-7-13/h6-10,12,16H,1-5H3/t12-,16+/m1/s1. The van der Waals surface area contributed by atoms with Crippen LogP contribution >= 0.6 is 11.8 Å². The average Bonchev–Trinajstić information content (AvgIpc) is 2.87. The van der Waals surface area contributed by atoms with E-state index in [2.05, 4.69) is 4.99 Å². The molecule has 1 saturated heterocycles. The third-order valence-electron chi connectivity index (χ3n) is 4.25. The fraction of sp³-hybridized carbons (Fsp3) is 0.421. The number of rotatable bonds is 4. The molecule has 0 radical (unpaired) electrons. The number of thioether (sulfide) groups is 1. The number of fused-ring (bicyclic) bond motifs is 1. The van der Waals surface area contributed by atoms with Crippen molar-refractivity contribution < 1.29 is 19.1 Å². The number of methoxy groups -OCH3 is 1. The first kappa shape index (κ1) is 18.5. The van der Waals surface area contributed by atoms with Gasteiger partial charge >= 0.3 is 5.97 Å². The number of nitrogens with zero attached hydrogens (tertiary/aromatic N) is 2. The van der Waals surface area contributed by atoms with Gasteiger partial charge in [0.2, 0.25) is 5.91 Å². The van der Waals surface area contributed by atoms with Gasteiger partial charge in [-0.1, -0.05) is 23.9 Å². The topological polar surface area (TPSA) is 68.2 Å². The van der Waals surface area contributed by atoms with Crippen molar-refractivity contribution in [2.24, 2.45) is 4.99 Å². The summed E-state index contributed by atoms with van der Waals surface area (Å²) in [5.74, 6) is 0.205. The molecule has 2 atom stereocenters. The summed E-state index contributed by atoms with van der Waals surface area (Å²) in [6.45, 7) is 7.23. The number of carbonyl (C=O) groups is 2. The first-order chi connectivity index (χ1) is 12.3. The second kappa shape index (κ2) is 7.15. The van der Waals surface area contributed by atoms with E-state index in [0.29, 0.717) is 22.2 Å². The maximum absolute atomic E-state index is 12.8. The van der Waals surface area contributed by atoms with E-state index in [-0.39, 0.29) is 17.3 Å². The molecule has 1 amide bonds. The van der Waals surface area contributed by atoms with Crippen molar-refractivity contribution in [3.05, 3.63) is 41.1 Å². The predicted octanol–water partition coefficient (Wildman–Crippen LogP) is 3.30. The molecule has 0 aromatic heterocycles. The number of aliphatic imine (C=N–C) groups is 1. The molecule has 0 saturated carbocycles. The maximum Gasteiger partial charge on any atom is 0.338 e. The van der Waals surface area contributed by atoms with Crippen LogP contribution in [0.3, 0.4) is 0 Å². The van der Waals surface area contributed by atoms with Crippen molar-refractivity contribution in [1.82, 2.24) is 4.90 Å². The monoisotopic (exact) mass is 374 g/mol. The second-order valence-electron chi connectivity index (χ2n) is 6.49. The van der Waals surface area contributed by atoms with Gasteiger partial charge in [0.1, 0.15) is 5.75 Å². The minimum absolute atomic E-state index is 0.0584. The molecule has 1 fully saturated rings. The van der Waals surface area contributed by atoms with Gasteiger partial charge in [0.05, 0.1) is 35.8 Å². The van der Waals surface area contributed by atoms with Crippen LogP contribution in [0.4, 0.5) is 0 Å². The number of hydrogen-bond acceptors (Lipinski definition) is 6. The molecular weight excluding hydrogens is 352 g/mol. The summed E-state index contributed by atoms with van der Waals surface area (Å²) in [6.07, 6.45) is -0.257. The highest BCUT2D eigenvalue weighted by Crippen LogP contribution is 2.43. The number of carbonyl (C=O) groups excluding carboxylic acids is 2. The molecule has 0 bridgehead atoms. The number of hydrogen-bond donors (Lipinski definition) is 0. The molecule has 0 N–H and O–H groups in total. The highest BCUT2D eigenvalue weighted by atomic mass is 32.2. The molecule has 3 rings (SSSR count). The van der Waals surface area contributed by atoms with Crippen LogP contribution in [-0.2, 0) is 14.3 Å². The van der Waals surface area contributed by atoms with Crippen molar-refractivity contribution in [1.29, 1.82) is 0 Å². The van der Waals surface area contributed by atoms with Crippen molar-refractivity contribution in [2.75, 3.05) is 7.11 Å². The van der Waals surface area contributed by atoms with Crippen LogP contribution in [0.5, 0.6) is 5.75 Å². The molecule has 1 aromatic rings. The Bertz CT molecular complexity index is 798. The summed E-state index contributed by atoms with van der Waals surface area (Å²) < 4.78 is 10.6. The lowest BCUT2D eigenvalue weighted by molar-refractivity contribution is -0.143. The van der Waals surface area contributed by atoms with Crippen molar-refractivity contribution in [3.63, 3.8) is 0 Å². The quantitative estimate of drug-likeness (QED) is 0.757. The number of benzene rings is 1. The van der Waals surface area contributed by atoms with Crippen LogP contribution in [-0.4, -0.2) is 40.4 Å². The van der Waals surface area contributed by atoms with Crippen LogP contribution < -0.4 is 4.74 Å². The number of amidine groups is 1. The van der Waals surface area contributed by atoms with Crippen LogP contribution in [0, 0.1) is 0 Å². The molecule has 0 aliphatic carbocycles. The molecule has 0 unspecified atom stereocenters. The van der Waals surface area contributed by atoms with Gasteiger partial charge in [-0.25, -0.2) is 9.79 Å². The van der Waals surface area contributed by atoms with E-state index in [0.717, 1.165) is 5.56 Å². The van der Waals surface area contributed by atoms with E-state index in [4.69, 9.17) is 9.47 Å². The van der Waals surface area contributed by atoms with Gasteiger partial charge < -0.3 is 9.47 Å². The first-order valence-electron chi connectivity index (χ1n) is 8.47. The zero-order valence-electron chi connectivity index (χ0n) is 15.5. The zero-order chi connectivity index (χ0) is 19.0. The Balaban J connectivity index is 2.11. The number of esters is 1. The zero-order valence-corrected chi connectivity index (χ0v) is 16.3. The molecule has 6 nitrogen and oxygen atoms in total. The second-order valence-corrected chi connectivity index (χ2v) is 7.80. The summed E-state index contributed by atoms with van der Waals surface area (Å²) in [5.41, 5.74) is 1.80. The van der Waals surface area contributed by atoms with E-state index in [9.17, 15) is 9.59 Å². The van der Waals surface area contributed by atoms with E-state index < -0.39 is 12.0 Å². The molecule has 138 valence electrons. The van der Waals surface area contributed by atoms with Crippen LogP contribution in [0.2, 0.25) is 0 Å². The van der Waals surface area contributed by atoms with Gasteiger partial charge in [0.15, 0.2) is 5.17 Å². The Morgan fingerprint density at radius 1 is 1.27 bits per heavy atom. The fourth-order valence-electron chi connectivity index (χ4n) is 3.04. The van der Waals surface area contributed by atoms with E-state index >= 15 is 0 Å². The molecule has 0 spiro atoms. The Labute approximate surface area is 157 Å². The maximum atomic E-state index is 12.8. The number of allylic oxidation sites excluding steroid dienone is 1. The molecule has 1 aromatic carbocycles. The van der Waals surface area contributed by atoms with Gasteiger partial charge in [0, 0.05) is 0 Å². The summed E-state index contributed by atoms with van der Waals surface area (Å²) in [7, 11) is 1.60. The third kappa shape index (κ3) is 3.23. The normalized spacial score (nSPS) is 22.5. The van der Waals surface area contributed by atoms with E-state index in [1.165, 1.54) is 11.8 Å². The fourth-order valence-corrected chi connectivity index (χ4v) is 4.07. The van der Waals surface area contributed by atoms with Crippen molar-refractivity contribution >= 4 is 28.8 Å². The first-order valence-corrected chi connectivity index (χ1v) is 9.35. The van der Waals surface area contributed by atoms with Gasteiger partial charge in [-0.2, -0.15) is 0 Å². The smallest absolute Gasteiger partial charge is 0.338 e. The lowest BCUT2D eigenvalue weighted by Crippen LogP contribution is -2.40. The molecule has 26 heavy (non-hydrogen) atoms. The SMILES string of the molecule is COc1ccc([C@H]2C(C(=O)OC(C)C)=C(C)N=C3S[C@H](C)C(=O)N32)cc1. The third-order valence-corrected chi connectivity index (χ3v) is 5.31. The van der Waals surface area contributed by atoms with Crippen LogP contribution in [0.1, 0.15) is 39.3 Å². The summed E-state index contributed by atoms with van der Waals surface area (Å²) in [5, 5.41) is 0.393. The van der Waals surface area contributed by atoms with Gasteiger partial charge in [0.25, 0.3) is 0 Å². The molecule has 7 heteroatoms. The Morgan fingerprint density at radius 3 is 2.50 bits per heavy atom.